The van der Waals surface area contributed by atoms with Gasteiger partial charge in [-0.2, -0.15) is 0 Å². The molecule has 0 saturated heterocycles. The number of hydrogen-bond donors (Lipinski definition) is 2. The summed E-state index contributed by atoms with van der Waals surface area (Å²) in [4.78, 5) is 15.7. The molecule has 19 heavy (non-hydrogen) atoms. The van der Waals surface area contributed by atoms with Gasteiger partial charge >= 0.3 is 0 Å². The molecule has 1 fully saturated rings. The van der Waals surface area contributed by atoms with Crippen LogP contribution in [-0.2, 0) is 0 Å². The van der Waals surface area contributed by atoms with E-state index in [0.717, 1.165) is 25.0 Å². The molecule has 1 saturated carbocycles. The van der Waals surface area contributed by atoms with Crippen LogP contribution in [0.2, 0.25) is 0 Å². The fourth-order valence-electron chi connectivity index (χ4n) is 2.52. The highest BCUT2D eigenvalue weighted by Crippen LogP contribution is 2.25. The van der Waals surface area contributed by atoms with Gasteiger partial charge in [0.05, 0.1) is 0 Å². The number of carbonyl (C=O) groups is 1. The molecule has 0 radical (unpaired) electrons. The lowest BCUT2D eigenvalue weighted by molar-refractivity contribution is 0.0959. The van der Waals surface area contributed by atoms with Gasteiger partial charge in [0.25, 0.3) is 5.91 Å². The quantitative estimate of drug-likeness (QED) is 0.860. The third kappa shape index (κ3) is 3.23. The maximum Gasteiger partial charge on any atom is 0.254 e. The lowest BCUT2D eigenvalue weighted by Crippen LogP contribution is -2.43. The third-order valence-electron chi connectivity index (χ3n) is 3.60. The maximum absolute atomic E-state index is 11.4. The summed E-state index contributed by atoms with van der Waals surface area (Å²) >= 11 is 0. The number of aromatic nitrogens is 1. The fourth-order valence-corrected chi connectivity index (χ4v) is 2.52. The molecule has 1 aromatic rings. The number of nitrogens with two attached hydrogens (primary N) is 1. The van der Waals surface area contributed by atoms with Crippen molar-refractivity contribution >= 4 is 5.91 Å². The molecule has 104 valence electrons. The Hall–Kier alpha value is -1.62. The van der Waals surface area contributed by atoms with E-state index >= 15 is 0 Å². The lowest BCUT2D eigenvalue weighted by Gasteiger charge is -2.31. The standard InChI is InChI=1S/C14H21N3O2/c1-9-7-8-10(13(15)18)14(17-9)19-12-6-4-3-5-11(12)16-2/h7-8,11-12,16H,3-6H2,1-2H3,(H2,15,18). The normalized spacial score (nSPS) is 23.1. The molecule has 1 aliphatic carbocycles. The zero-order valence-electron chi connectivity index (χ0n) is 11.5. The second-order valence-electron chi connectivity index (χ2n) is 5.01. The molecule has 1 amide bonds. The number of nitrogens with one attached hydrogen (secondary N) is 1. The minimum absolute atomic E-state index is 0.0474. The van der Waals surface area contributed by atoms with Crippen LogP contribution < -0.4 is 15.8 Å². The maximum atomic E-state index is 11.4. The third-order valence-corrected chi connectivity index (χ3v) is 3.60. The van der Waals surface area contributed by atoms with Gasteiger partial charge in [-0.3, -0.25) is 4.79 Å². The van der Waals surface area contributed by atoms with Gasteiger partial charge in [0.1, 0.15) is 11.7 Å². The van der Waals surface area contributed by atoms with E-state index in [4.69, 9.17) is 10.5 Å². The average Bonchev–Trinajstić information content (AvgIpc) is 2.39. The van der Waals surface area contributed by atoms with Crippen LogP contribution in [0.3, 0.4) is 0 Å². The zero-order valence-corrected chi connectivity index (χ0v) is 11.5. The number of nitrogens with zero attached hydrogens (tertiary/aromatic N) is 1. The van der Waals surface area contributed by atoms with Crippen LogP contribution in [0, 0.1) is 6.92 Å². The second kappa shape index (κ2) is 6.02. The number of likely N-dealkylation sites (N-methyl/N-ethyl adjacent to an activating group) is 1. The van der Waals surface area contributed by atoms with Crippen LogP contribution >= 0.6 is 0 Å². The Morgan fingerprint density at radius 3 is 2.84 bits per heavy atom. The van der Waals surface area contributed by atoms with E-state index in [1.807, 2.05) is 14.0 Å². The van der Waals surface area contributed by atoms with E-state index in [1.54, 1.807) is 12.1 Å². The number of hydrogen-bond acceptors (Lipinski definition) is 4. The van der Waals surface area contributed by atoms with Crippen molar-refractivity contribution in [2.45, 2.75) is 44.8 Å². The molecule has 5 heteroatoms. The summed E-state index contributed by atoms with van der Waals surface area (Å²) in [6.45, 7) is 1.87. The Kier molecular flexibility index (Phi) is 4.37. The molecular weight excluding hydrogens is 242 g/mol. The molecule has 0 aromatic carbocycles. The Labute approximate surface area is 113 Å². The van der Waals surface area contributed by atoms with Crippen molar-refractivity contribution in [1.29, 1.82) is 0 Å². The molecule has 0 spiro atoms. The average molecular weight is 263 g/mol. The summed E-state index contributed by atoms with van der Waals surface area (Å²) in [5.41, 5.74) is 6.53. The zero-order chi connectivity index (χ0) is 13.8. The van der Waals surface area contributed by atoms with E-state index in [0.29, 0.717) is 17.5 Å². The van der Waals surface area contributed by atoms with Crippen LogP contribution in [0.4, 0.5) is 0 Å². The molecule has 2 atom stereocenters. The second-order valence-corrected chi connectivity index (χ2v) is 5.01. The highest BCUT2D eigenvalue weighted by Gasteiger charge is 2.27. The molecular formula is C14H21N3O2. The summed E-state index contributed by atoms with van der Waals surface area (Å²) in [5.74, 6) is -0.140. The molecule has 2 rings (SSSR count). The van der Waals surface area contributed by atoms with Crippen LogP contribution in [-0.4, -0.2) is 30.1 Å². The predicted octanol–water partition coefficient (Wildman–Crippen LogP) is 1.40. The monoisotopic (exact) mass is 263 g/mol. The summed E-state index contributed by atoms with van der Waals surface area (Å²) in [6.07, 6.45) is 4.44. The number of aryl methyl sites for hydroxylation is 1. The van der Waals surface area contributed by atoms with E-state index in [2.05, 4.69) is 10.3 Å². The first-order valence-electron chi connectivity index (χ1n) is 6.73. The highest BCUT2D eigenvalue weighted by molar-refractivity contribution is 5.95. The predicted molar refractivity (Wildman–Crippen MR) is 73.2 cm³/mol. The van der Waals surface area contributed by atoms with Crippen molar-refractivity contribution in [1.82, 2.24) is 10.3 Å². The van der Waals surface area contributed by atoms with Crippen molar-refractivity contribution in [3.05, 3.63) is 23.4 Å². The molecule has 0 aliphatic heterocycles. The van der Waals surface area contributed by atoms with Crippen molar-refractivity contribution < 1.29 is 9.53 Å². The summed E-state index contributed by atoms with van der Waals surface area (Å²) in [6, 6.07) is 3.75. The minimum Gasteiger partial charge on any atom is -0.472 e. The molecule has 0 bridgehead atoms. The number of amides is 1. The molecule has 5 nitrogen and oxygen atoms in total. The van der Waals surface area contributed by atoms with E-state index in [-0.39, 0.29) is 6.10 Å². The summed E-state index contributed by atoms with van der Waals surface area (Å²) in [5, 5.41) is 3.27. The van der Waals surface area contributed by atoms with Gasteiger partial charge in [-0.25, -0.2) is 4.98 Å². The van der Waals surface area contributed by atoms with Gasteiger partial charge in [-0.1, -0.05) is 6.42 Å². The molecule has 2 unspecified atom stereocenters. The van der Waals surface area contributed by atoms with Gasteiger partial charge in [-0.05, 0) is 45.4 Å². The smallest absolute Gasteiger partial charge is 0.254 e. The minimum atomic E-state index is -0.501. The number of primary amides is 1. The van der Waals surface area contributed by atoms with Crippen LogP contribution in [0.15, 0.2) is 12.1 Å². The van der Waals surface area contributed by atoms with E-state index in [9.17, 15) is 4.79 Å². The lowest BCUT2D eigenvalue weighted by atomic mass is 9.92. The number of pyridine rings is 1. The Balaban J connectivity index is 2.21. The first-order valence-corrected chi connectivity index (χ1v) is 6.73. The van der Waals surface area contributed by atoms with Gasteiger partial charge in [0.15, 0.2) is 0 Å². The van der Waals surface area contributed by atoms with Crippen LogP contribution in [0.25, 0.3) is 0 Å². The number of carbonyl (C=O) groups excluding carboxylic acids is 1. The Bertz CT molecular complexity index is 462. The summed E-state index contributed by atoms with van der Waals surface area (Å²) < 4.78 is 5.96. The highest BCUT2D eigenvalue weighted by atomic mass is 16.5. The molecule has 3 N–H and O–H groups in total. The Morgan fingerprint density at radius 1 is 1.42 bits per heavy atom. The largest absolute Gasteiger partial charge is 0.472 e. The van der Waals surface area contributed by atoms with Crippen molar-refractivity contribution in [2.75, 3.05) is 7.05 Å². The first kappa shape index (κ1) is 13.8. The van der Waals surface area contributed by atoms with Crippen molar-refractivity contribution in [2.24, 2.45) is 5.73 Å². The SMILES string of the molecule is CNC1CCCCC1Oc1nc(C)ccc1C(N)=O. The number of rotatable bonds is 4. The molecule has 1 heterocycles. The van der Waals surface area contributed by atoms with E-state index in [1.165, 1.54) is 6.42 Å². The Morgan fingerprint density at radius 2 is 2.16 bits per heavy atom. The fraction of sp³-hybridized carbons (Fsp3) is 0.571. The van der Waals surface area contributed by atoms with Gasteiger partial charge in [-0.15, -0.1) is 0 Å². The van der Waals surface area contributed by atoms with E-state index < -0.39 is 5.91 Å². The molecule has 1 aromatic heterocycles. The van der Waals surface area contributed by atoms with Crippen molar-refractivity contribution in [3.63, 3.8) is 0 Å². The van der Waals surface area contributed by atoms with Gasteiger partial charge in [0.2, 0.25) is 5.88 Å². The summed E-state index contributed by atoms with van der Waals surface area (Å²) in [7, 11) is 1.94. The topological polar surface area (TPSA) is 77.2 Å². The van der Waals surface area contributed by atoms with Gasteiger partial charge < -0.3 is 15.8 Å². The van der Waals surface area contributed by atoms with Crippen molar-refractivity contribution in [3.8, 4) is 5.88 Å². The van der Waals surface area contributed by atoms with Crippen LogP contribution in [0.1, 0.15) is 41.7 Å². The molecule has 1 aliphatic rings. The van der Waals surface area contributed by atoms with Crippen LogP contribution in [0.5, 0.6) is 5.88 Å². The first-order chi connectivity index (χ1) is 9.11. The van der Waals surface area contributed by atoms with Gasteiger partial charge in [0, 0.05) is 11.7 Å². The number of ether oxygens (including phenoxy) is 1.